The first-order valence-electron chi connectivity index (χ1n) is 10.1. The van der Waals surface area contributed by atoms with E-state index in [2.05, 4.69) is 15.1 Å². The highest BCUT2D eigenvalue weighted by Crippen LogP contribution is 2.33. The first kappa shape index (κ1) is 21.9. The summed E-state index contributed by atoms with van der Waals surface area (Å²) in [5.41, 5.74) is 0.299. The van der Waals surface area contributed by atoms with Crippen molar-refractivity contribution in [3.05, 3.63) is 23.6 Å². The minimum absolute atomic E-state index is 0.0557. The van der Waals surface area contributed by atoms with Gasteiger partial charge in [-0.15, -0.1) is 0 Å². The third-order valence-corrected chi connectivity index (χ3v) is 5.27. The van der Waals surface area contributed by atoms with Crippen LogP contribution in [-0.4, -0.2) is 65.5 Å². The van der Waals surface area contributed by atoms with Gasteiger partial charge in [-0.3, -0.25) is 5.10 Å². The standard InChI is InChI=1S/C21H29FN4O4/c1-6-26(20(28)30-21(2,3)4)13-7-9-25(10-8-13)16-11-15(22)17(19(27)29-5)18-14(16)12-23-24-18/h11-13H,6-10H2,1-5H3,(H,23,24). The van der Waals surface area contributed by atoms with Gasteiger partial charge in [-0.25, -0.2) is 14.0 Å². The number of halogens is 1. The maximum absolute atomic E-state index is 14.7. The zero-order valence-corrected chi connectivity index (χ0v) is 18.1. The Balaban J connectivity index is 1.78. The van der Waals surface area contributed by atoms with Crippen molar-refractivity contribution in [2.24, 2.45) is 0 Å². The fraction of sp³-hybridized carbons (Fsp3) is 0.571. The van der Waals surface area contributed by atoms with E-state index >= 15 is 0 Å². The second-order valence-electron chi connectivity index (χ2n) is 8.39. The molecule has 1 aliphatic heterocycles. The Morgan fingerprint density at radius 1 is 1.33 bits per heavy atom. The molecule has 1 aromatic carbocycles. The zero-order valence-electron chi connectivity index (χ0n) is 18.1. The van der Waals surface area contributed by atoms with Gasteiger partial charge >= 0.3 is 12.1 Å². The lowest BCUT2D eigenvalue weighted by Gasteiger charge is -2.39. The highest BCUT2D eigenvalue weighted by Gasteiger charge is 2.31. The molecular weight excluding hydrogens is 391 g/mol. The molecular formula is C21H29FN4O4. The Kier molecular flexibility index (Phi) is 6.19. The molecule has 0 unspecified atom stereocenters. The van der Waals surface area contributed by atoms with E-state index in [0.29, 0.717) is 36.2 Å². The number of piperidine rings is 1. The topological polar surface area (TPSA) is 87.8 Å². The number of carbonyl (C=O) groups excluding carboxylic acids is 2. The summed E-state index contributed by atoms with van der Waals surface area (Å²) in [7, 11) is 1.22. The molecule has 2 aromatic rings. The van der Waals surface area contributed by atoms with E-state index in [1.807, 2.05) is 27.7 Å². The number of aromatic amines is 1. The van der Waals surface area contributed by atoms with Crippen molar-refractivity contribution >= 4 is 28.7 Å². The van der Waals surface area contributed by atoms with Crippen LogP contribution in [0.25, 0.3) is 10.9 Å². The lowest BCUT2D eigenvalue weighted by molar-refractivity contribution is 0.0149. The van der Waals surface area contributed by atoms with E-state index < -0.39 is 17.4 Å². The number of amides is 1. The van der Waals surface area contributed by atoms with Crippen LogP contribution >= 0.6 is 0 Å². The maximum Gasteiger partial charge on any atom is 0.410 e. The molecule has 0 bridgehead atoms. The number of hydrogen-bond donors (Lipinski definition) is 1. The number of carbonyl (C=O) groups is 2. The quantitative estimate of drug-likeness (QED) is 0.759. The number of esters is 1. The molecule has 1 saturated heterocycles. The summed E-state index contributed by atoms with van der Waals surface area (Å²) in [6.45, 7) is 9.33. The molecule has 1 amide bonds. The van der Waals surface area contributed by atoms with Crippen LogP contribution in [0.5, 0.6) is 0 Å². The number of rotatable bonds is 4. The van der Waals surface area contributed by atoms with Crippen LogP contribution in [0, 0.1) is 5.82 Å². The van der Waals surface area contributed by atoms with Crippen molar-refractivity contribution in [3.8, 4) is 0 Å². The summed E-state index contributed by atoms with van der Waals surface area (Å²) in [6.07, 6.45) is 2.73. The Labute approximate surface area is 175 Å². The smallest absolute Gasteiger partial charge is 0.410 e. The van der Waals surface area contributed by atoms with Crippen LogP contribution in [0.4, 0.5) is 14.9 Å². The number of nitrogens with zero attached hydrogens (tertiary/aromatic N) is 3. The van der Waals surface area contributed by atoms with E-state index in [1.165, 1.54) is 13.2 Å². The summed E-state index contributed by atoms with van der Waals surface area (Å²) >= 11 is 0. The van der Waals surface area contributed by atoms with Gasteiger partial charge in [-0.2, -0.15) is 5.10 Å². The number of fused-ring (bicyclic) bond motifs is 1. The fourth-order valence-corrected chi connectivity index (χ4v) is 3.90. The second-order valence-corrected chi connectivity index (χ2v) is 8.39. The molecule has 0 aliphatic carbocycles. The molecule has 3 rings (SSSR count). The van der Waals surface area contributed by atoms with Crippen LogP contribution in [-0.2, 0) is 9.47 Å². The Hall–Kier alpha value is -2.84. The SMILES string of the molecule is CCN(C(=O)OC(C)(C)C)C1CCN(c2cc(F)c(C(=O)OC)c3[nH]ncc23)CC1. The van der Waals surface area contributed by atoms with Gasteiger partial charge < -0.3 is 19.3 Å². The number of benzene rings is 1. The Morgan fingerprint density at radius 2 is 2.00 bits per heavy atom. The molecule has 2 heterocycles. The molecule has 0 atom stereocenters. The number of methoxy groups -OCH3 is 1. The summed E-state index contributed by atoms with van der Waals surface area (Å²) in [4.78, 5) is 28.3. The molecule has 1 fully saturated rings. The number of hydrogen-bond acceptors (Lipinski definition) is 6. The molecule has 9 heteroatoms. The number of anilines is 1. The van der Waals surface area contributed by atoms with Gasteiger partial charge in [-0.1, -0.05) is 0 Å². The van der Waals surface area contributed by atoms with Crippen molar-refractivity contribution in [1.29, 1.82) is 0 Å². The molecule has 1 N–H and O–H groups in total. The summed E-state index contributed by atoms with van der Waals surface area (Å²) in [5, 5.41) is 7.36. The van der Waals surface area contributed by atoms with E-state index in [0.717, 1.165) is 12.8 Å². The van der Waals surface area contributed by atoms with E-state index in [4.69, 9.17) is 9.47 Å². The van der Waals surface area contributed by atoms with Crippen LogP contribution < -0.4 is 4.90 Å². The van der Waals surface area contributed by atoms with Crippen LogP contribution in [0.3, 0.4) is 0 Å². The average Bonchev–Trinajstić information content (AvgIpc) is 3.16. The maximum atomic E-state index is 14.7. The van der Waals surface area contributed by atoms with E-state index in [9.17, 15) is 14.0 Å². The summed E-state index contributed by atoms with van der Waals surface area (Å²) < 4.78 is 25.0. The highest BCUT2D eigenvalue weighted by molar-refractivity contribution is 6.06. The largest absolute Gasteiger partial charge is 0.465 e. The Morgan fingerprint density at radius 3 is 2.57 bits per heavy atom. The monoisotopic (exact) mass is 420 g/mol. The predicted octanol–water partition coefficient (Wildman–Crippen LogP) is 3.71. The van der Waals surface area contributed by atoms with Crippen molar-refractivity contribution in [2.45, 2.75) is 52.2 Å². The van der Waals surface area contributed by atoms with Gasteiger partial charge in [0.2, 0.25) is 0 Å². The molecule has 1 aliphatic rings. The van der Waals surface area contributed by atoms with Crippen molar-refractivity contribution in [1.82, 2.24) is 15.1 Å². The lowest BCUT2D eigenvalue weighted by Crippen LogP contribution is -2.48. The predicted molar refractivity (Wildman–Crippen MR) is 111 cm³/mol. The van der Waals surface area contributed by atoms with Crippen molar-refractivity contribution in [3.63, 3.8) is 0 Å². The first-order chi connectivity index (χ1) is 14.2. The zero-order chi connectivity index (χ0) is 22.1. The van der Waals surface area contributed by atoms with Gasteiger partial charge in [0.15, 0.2) is 0 Å². The Bertz CT molecular complexity index is 929. The molecule has 0 spiro atoms. The van der Waals surface area contributed by atoms with Crippen LogP contribution in [0.15, 0.2) is 12.3 Å². The molecule has 164 valence electrons. The average molecular weight is 420 g/mol. The minimum Gasteiger partial charge on any atom is -0.465 e. The van der Waals surface area contributed by atoms with E-state index in [1.54, 1.807) is 11.1 Å². The summed E-state index contributed by atoms with van der Waals surface area (Å²) in [6, 6.07) is 1.41. The van der Waals surface area contributed by atoms with Crippen LogP contribution in [0.2, 0.25) is 0 Å². The highest BCUT2D eigenvalue weighted by atomic mass is 19.1. The second kappa shape index (κ2) is 8.49. The minimum atomic E-state index is -0.747. The third kappa shape index (κ3) is 4.34. The molecule has 30 heavy (non-hydrogen) atoms. The summed E-state index contributed by atoms with van der Waals surface area (Å²) in [5.74, 6) is -1.40. The number of nitrogens with one attached hydrogen (secondary N) is 1. The fourth-order valence-electron chi connectivity index (χ4n) is 3.90. The molecule has 0 radical (unpaired) electrons. The van der Waals surface area contributed by atoms with Gasteiger partial charge in [0.1, 0.15) is 17.0 Å². The van der Waals surface area contributed by atoms with Gasteiger partial charge in [0, 0.05) is 31.1 Å². The van der Waals surface area contributed by atoms with Crippen molar-refractivity contribution < 1.29 is 23.5 Å². The molecule has 1 aromatic heterocycles. The third-order valence-electron chi connectivity index (χ3n) is 5.27. The van der Waals surface area contributed by atoms with Crippen molar-refractivity contribution in [2.75, 3.05) is 31.6 Å². The van der Waals surface area contributed by atoms with Crippen LogP contribution in [0.1, 0.15) is 50.9 Å². The molecule has 0 saturated carbocycles. The normalized spacial score (nSPS) is 15.3. The molecule has 8 nitrogen and oxygen atoms in total. The number of aromatic nitrogens is 2. The number of ether oxygens (including phenoxy) is 2. The van der Waals surface area contributed by atoms with Gasteiger partial charge in [-0.05, 0) is 46.6 Å². The first-order valence-corrected chi connectivity index (χ1v) is 10.1. The lowest BCUT2D eigenvalue weighted by atomic mass is 10.0. The van der Waals surface area contributed by atoms with E-state index in [-0.39, 0.29) is 17.7 Å². The van der Waals surface area contributed by atoms with Gasteiger partial charge in [0.25, 0.3) is 0 Å². The van der Waals surface area contributed by atoms with Gasteiger partial charge in [0.05, 0.1) is 24.5 Å². The number of H-pyrrole nitrogens is 1.